The number of aliphatic carboxylic acids is 1. The number of hydrazine groups is 1. The van der Waals surface area contributed by atoms with Crippen LogP contribution in [0.15, 0.2) is 0 Å². The van der Waals surface area contributed by atoms with Crippen molar-refractivity contribution >= 4 is 5.97 Å². The molecule has 2 rings (SSSR count). The maximum absolute atomic E-state index is 12.3. The van der Waals surface area contributed by atoms with Gasteiger partial charge in [0.15, 0.2) is 0 Å². The van der Waals surface area contributed by atoms with Gasteiger partial charge in [0.05, 0.1) is 0 Å². The lowest BCUT2D eigenvalue weighted by Crippen LogP contribution is -2.62. The monoisotopic (exact) mass is 310 g/mol. The molecule has 2 aliphatic rings. The van der Waals surface area contributed by atoms with Crippen molar-refractivity contribution in [3.05, 3.63) is 0 Å². The first-order valence-corrected chi connectivity index (χ1v) is 9.43. The van der Waals surface area contributed by atoms with Gasteiger partial charge in [-0.3, -0.25) is 10.6 Å². The molecular formula is C18H34N2O2. The van der Waals surface area contributed by atoms with Gasteiger partial charge >= 0.3 is 5.97 Å². The van der Waals surface area contributed by atoms with E-state index in [0.29, 0.717) is 0 Å². The minimum absolute atomic E-state index is 0.214. The Morgan fingerprint density at radius 1 is 0.864 bits per heavy atom. The molecule has 0 amide bonds. The maximum Gasteiger partial charge on any atom is 0.325 e. The lowest BCUT2D eigenvalue weighted by atomic mass is 9.74. The number of hydrogen-bond acceptors (Lipinski definition) is 3. The van der Waals surface area contributed by atoms with Crippen molar-refractivity contribution in [2.45, 2.75) is 95.4 Å². The Labute approximate surface area is 135 Å². The zero-order chi connectivity index (χ0) is 15.8. The molecule has 0 aromatic carbocycles. The summed E-state index contributed by atoms with van der Waals surface area (Å²) in [5.74, 6) is 5.90. The molecule has 1 aliphatic heterocycles. The van der Waals surface area contributed by atoms with Crippen LogP contribution in [0.5, 0.6) is 0 Å². The minimum Gasteiger partial charge on any atom is -0.480 e. The topological polar surface area (TPSA) is 66.6 Å². The van der Waals surface area contributed by atoms with Gasteiger partial charge in [-0.05, 0) is 31.6 Å². The maximum atomic E-state index is 12.3. The van der Waals surface area contributed by atoms with Crippen LogP contribution >= 0.6 is 0 Å². The van der Waals surface area contributed by atoms with E-state index in [0.717, 1.165) is 57.9 Å². The highest BCUT2D eigenvalue weighted by Gasteiger charge is 2.48. The second-order valence-electron chi connectivity index (χ2n) is 7.34. The molecule has 0 bridgehead atoms. The van der Waals surface area contributed by atoms with Gasteiger partial charge in [-0.2, -0.15) is 0 Å². The highest BCUT2D eigenvalue weighted by Crippen LogP contribution is 2.38. The van der Waals surface area contributed by atoms with E-state index in [9.17, 15) is 9.90 Å². The predicted molar refractivity (Wildman–Crippen MR) is 89.4 cm³/mol. The van der Waals surface area contributed by atoms with Gasteiger partial charge in [-0.1, -0.05) is 64.2 Å². The first-order valence-electron chi connectivity index (χ1n) is 9.43. The van der Waals surface area contributed by atoms with E-state index in [-0.39, 0.29) is 5.92 Å². The molecule has 1 heterocycles. The second kappa shape index (κ2) is 8.88. The third kappa shape index (κ3) is 4.23. The fraction of sp³-hybridized carbons (Fsp3) is 0.944. The van der Waals surface area contributed by atoms with Crippen molar-refractivity contribution in [2.24, 2.45) is 11.8 Å². The number of hydrogen-bond donors (Lipinski definition) is 2. The van der Waals surface area contributed by atoms with Gasteiger partial charge in [-0.25, -0.2) is 5.01 Å². The van der Waals surface area contributed by atoms with E-state index in [1.54, 1.807) is 5.01 Å². The standard InChI is InChI=1S/C18H34N2O2/c19-20-15-11-7-3-6-10-14-18(20,17(21)22)16-12-8-4-1-2-5-9-13-16/h16H,1-15,19H2,(H,21,22). The number of carbonyl (C=O) groups is 1. The van der Waals surface area contributed by atoms with E-state index < -0.39 is 11.5 Å². The first-order chi connectivity index (χ1) is 10.7. The van der Waals surface area contributed by atoms with Crippen LogP contribution < -0.4 is 5.84 Å². The molecule has 1 aliphatic carbocycles. The van der Waals surface area contributed by atoms with Crippen molar-refractivity contribution < 1.29 is 9.90 Å². The summed E-state index contributed by atoms with van der Waals surface area (Å²) in [6.07, 6.45) is 15.8. The molecule has 0 radical (unpaired) electrons. The normalized spacial score (nSPS) is 31.1. The zero-order valence-corrected chi connectivity index (χ0v) is 14.1. The number of nitrogens with zero attached hydrogens (tertiary/aromatic N) is 1. The summed E-state index contributed by atoms with van der Waals surface area (Å²) in [5, 5.41) is 11.9. The van der Waals surface area contributed by atoms with Gasteiger partial charge in [0.25, 0.3) is 0 Å². The molecule has 0 aromatic heterocycles. The summed E-state index contributed by atoms with van der Waals surface area (Å²) < 4.78 is 0. The molecule has 1 atom stereocenters. The van der Waals surface area contributed by atoms with Crippen LogP contribution in [0.4, 0.5) is 0 Å². The summed E-state index contributed by atoms with van der Waals surface area (Å²) >= 11 is 0. The van der Waals surface area contributed by atoms with E-state index in [2.05, 4.69) is 0 Å². The number of carboxylic acids is 1. The third-order valence-electron chi connectivity index (χ3n) is 5.87. The smallest absolute Gasteiger partial charge is 0.325 e. The fourth-order valence-electron chi connectivity index (χ4n) is 4.50. The molecule has 2 fully saturated rings. The molecule has 128 valence electrons. The van der Waals surface area contributed by atoms with Gasteiger partial charge in [0.1, 0.15) is 5.54 Å². The molecule has 1 saturated heterocycles. The van der Waals surface area contributed by atoms with Gasteiger partial charge in [-0.15, -0.1) is 0 Å². The molecular weight excluding hydrogens is 276 g/mol. The molecule has 0 aromatic rings. The van der Waals surface area contributed by atoms with E-state index in [1.165, 1.54) is 38.5 Å². The van der Waals surface area contributed by atoms with Crippen LogP contribution in [0, 0.1) is 5.92 Å². The second-order valence-corrected chi connectivity index (χ2v) is 7.34. The lowest BCUT2D eigenvalue weighted by Gasteiger charge is -2.43. The highest BCUT2D eigenvalue weighted by molar-refractivity contribution is 5.79. The molecule has 22 heavy (non-hydrogen) atoms. The fourth-order valence-corrected chi connectivity index (χ4v) is 4.50. The van der Waals surface area contributed by atoms with Crippen molar-refractivity contribution in [3.63, 3.8) is 0 Å². The van der Waals surface area contributed by atoms with Crippen LogP contribution in [-0.2, 0) is 4.79 Å². The third-order valence-corrected chi connectivity index (χ3v) is 5.87. The van der Waals surface area contributed by atoms with Gasteiger partial charge in [0.2, 0.25) is 0 Å². The number of nitrogens with two attached hydrogens (primary N) is 1. The Balaban J connectivity index is 2.22. The first kappa shape index (κ1) is 17.7. The average Bonchev–Trinajstić information content (AvgIpc) is 2.68. The quantitative estimate of drug-likeness (QED) is 0.754. The van der Waals surface area contributed by atoms with Gasteiger partial charge in [0, 0.05) is 6.54 Å². The SMILES string of the molecule is NN1CCCCCCCC1(C(=O)O)C1CCCCCCCC1. The Morgan fingerprint density at radius 3 is 1.95 bits per heavy atom. The summed E-state index contributed by atoms with van der Waals surface area (Å²) in [6.45, 7) is 0.725. The van der Waals surface area contributed by atoms with Crippen LogP contribution in [0.2, 0.25) is 0 Å². The molecule has 0 spiro atoms. The predicted octanol–water partition coefficient (Wildman–Crippen LogP) is 4.09. The Bertz CT molecular complexity index is 338. The Hall–Kier alpha value is -0.610. The minimum atomic E-state index is -0.825. The molecule has 4 nitrogen and oxygen atoms in total. The van der Waals surface area contributed by atoms with Crippen molar-refractivity contribution in [1.82, 2.24) is 5.01 Å². The zero-order valence-electron chi connectivity index (χ0n) is 14.1. The Morgan fingerprint density at radius 2 is 1.36 bits per heavy atom. The van der Waals surface area contributed by atoms with Gasteiger partial charge < -0.3 is 5.11 Å². The van der Waals surface area contributed by atoms with Crippen molar-refractivity contribution in [1.29, 1.82) is 0 Å². The highest BCUT2D eigenvalue weighted by atomic mass is 16.4. The molecule has 1 unspecified atom stereocenters. The Kier molecular flexibility index (Phi) is 7.16. The lowest BCUT2D eigenvalue weighted by molar-refractivity contribution is -0.158. The molecule has 4 heteroatoms. The summed E-state index contributed by atoms with van der Waals surface area (Å²) in [5.41, 5.74) is -0.825. The van der Waals surface area contributed by atoms with Crippen LogP contribution in [0.1, 0.15) is 89.9 Å². The number of carboxylic acid groups (broad SMARTS) is 1. The summed E-state index contributed by atoms with van der Waals surface area (Å²) in [7, 11) is 0. The summed E-state index contributed by atoms with van der Waals surface area (Å²) in [4.78, 5) is 12.3. The summed E-state index contributed by atoms with van der Waals surface area (Å²) in [6, 6.07) is 0. The van der Waals surface area contributed by atoms with Crippen LogP contribution in [0.25, 0.3) is 0 Å². The molecule has 1 saturated carbocycles. The number of rotatable bonds is 2. The van der Waals surface area contributed by atoms with E-state index in [4.69, 9.17) is 5.84 Å². The van der Waals surface area contributed by atoms with E-state index in [1.807, 2.05) is 0 Å². The molecule has 3 N–H and O–H groups in total. The van der Waals surface area contributed by atoms with Crippen LogP contribution in [0.3, 0.4) is 0 Å². The van der Waals surface area contributed by atoms with E-state index >= 15 is 0 Å². The van der Waals surface area contributed by atoms with Crippen molar-refractivity contribution in [3.8, 4) is 0 Å². The average molecular weight is 310 g/mol. The van der Waals surface area contributed by atoms with Crippen molar-refractivity contribution in [2.75, 3.05) is 6.54 Å². The van der Waals surface area contributed by atoms with Crippen LogP contribution in [-0.4, -0.2) is 28.2 Å². The largest absolute Gasteiger partial charge is 0.480 e.